The molecule has 0 aliphatic carbocycles. The lowest BCUT2D eigenvalue weighted by molar-refractivity contribution is 0.496. The molecule has 0 aromatic heterocycles. The monoisotopic (exact) mass is 319 g/mol. The first-order valence-electron chi connectivity index (χ1n) is 5.87. The van der Waals surface area contributed by atoms with Gasteiger partial charge in [0.2, 0.25) is 0 Å². The molecule has 0 bridgehead atoms. The van der Waals surface area contributed by atoms with Crippen molar-refractivity contribution in [2.24, 2.45) is 0 Å². The summed E-state index contributed by atoms with van der Waals surface area (Å²) in [6, 6.07) is 14.7. The maximum absolute atomic E-state index is 11.9. The fourth-order valence-corrected chi connectivity index (χ4v) is 2.42. The number of nitriles is 1. The fourth-order valence-electron chi connectivity index (χ4n) is 1.52. The smallest absolute Gasteiger partial charge is 0.332 e. The summed E-state index contributed by atoms with van der Waals surface area (Å²) in [5.41, 5.74) is 0.820. The number of para-hydroxylation sites is 1. The lowest BCUT2D eigenvalue weighted by atomic mass is 10.2. The largest absolute Gasteiger partial charge is 0.378 e. The predicted molar refractivity (Wildman–Crippen MR) is 81.2 cm³/mol. The third-order valence-electron chi connectivity index (χ3n) is 2.51. The van der Waals surface area contributed by atoms with Crippen LogP contribution in [0.3, 0.4) is 0 Å². The number of hydrogen-bond acceptors (Lipinski definition) is 4. The quantitative estimate of drug-likeness (QED) is 0.808. The zero-order valence-corrected chi connectivity index (χ0v) is 12.3. The van der Waals surface area contributed by atoms with Gasteiger partial charge >= 0.3 is 10.1 Å². The van der Waals surface area contributed by atoms with Crippen LogP contribution in [0.15, 0.2) is 53.9 Å². The molecule has 2 aromatic carbocycles. The highest BCUT2D eigenvalue weighted by Gasteiger charge is 2.11. The van der Waals surface area contributed by atoms with E-state index in [2.05, 4.69) is 0 Å². The van der Waals surface area contributed by atoms with Crippen LogP contribution in [-0.4, -0.2) is 8.42 Å². The Bertz CT molecular complexity index is 806. The average Bonchev–Trinajstić information content (AvgIpc) is 2.47. The van der Waals surface area contributed by atoms with E-state index in [0.29, 0.717) is 10.6 Å². The number of halogens is 1. The second kappa shape index (κ2) is 6.44. The van der Waals surface area contributed by atoms with Gasteiger partial charge in [0, 0.05) is 5.02 Å². The molecule has 0 fully saturated rings. The summed E-state index contributed by atoms with van der Waals surface area (Å²) >= 11 is 5.74. The van der Waals surface area contributed by atoms with E-state index < -0.39 is 10.1 Å². The molecule has 0 aliphatic heterocycles. The molecule has 21 heavy (non-hydrogen) atoms. The third-order valence-corrected chi connectivity index (χ3v) is 3.64. The minimum absolute atomic E-state index is 0.000700. The van der Waals surface area contributed by atoms with Crippen LogP contribution in [0.4, 0.5) is 0 Å². The van der Waals surface area contributed by atoms with Gasteiger partial charge in [-0.25, -0.2) is 0 Å². The maximum atomic E-state index is 11.9. The number of rotatable bonds is 4. The van der Waals surface area contributed by atoms with Crippen molar-refractivity contribution in [3.8, 4) is 11.8 Å². The van der Waals surface area contributed by atoms with Gasteiger partial charge in [-0.05, 0) is 35.9 Å². The van der Waals surface area contributed by atoms with E-state index in [-0.39, 0.29) is 11.3 Å². The molecule has 0 unspecified atom stereocenters. The van der Waals surface area contributed by atoms with E-state index in [1.807, 2.05) is 6.07 Å². The summed E-state index contributed by atoms with van der Waals surface area (Å²) in [5.74, 6) is 0.000700. The second-order valence-electron chi connectivity index (χ2n) is 4.04. The minimum atomic E-state index is -3.94. The average molecular weight is 320 g/mol. The molecule has 0 aliphatic rings. The second-order valence-corrected chi connectivity index (χ2v) is 5.90. The first-order chi connectivity index (χ1) is 10.00. The van der Waals surface area contributed by atoms with Crippen molar-refractivity contribution in [1.29, 1.82) is 5.26 Å². The Morgan fingerprint density at radius 1 is 1.10 bits per heavy atom. The van der Waals surface area contributed by atoms with E-state index in [1.165, 1.54) is 18.2 Å². The van der Waals surface area contributed by atoms with E-state index in [1.54, 1.807) is 36.4 Å². The Morgan fingerprint density at radius 2 is 1.76 bits per heavy atom. The van der Waals surface area contributed by atoms with Crippen molar-refractivity contribution in [2.75, 3.05) is 0 Å². The zero-order chi connectivity index (χ0) is 15.3. The Morgan fingerprint density at radius 3 is 2.43 bits per heavy atom. The molecule has 0 saturated carbocycles. The van der Waals surface area contributed by atoms with Gasteiger partial charge in [0.1, 0.15) is 6.07 Å². The van der Waals surface area contributed by atoms with Gasteiger partial charge in [0.15, 0.2) is 5.75 Å². The number of nitrogens with zero attached hydrogens (tertiary/aromatic N) is 1. The van der Waals surface area contributed by atoms with Crippen LogP contribution in [0, 0.1) is 11.3 Å². The highest BCUT2D eigenvalue weighted by atomic mass is 35.5. The van der Waals surface area contributed by atoms with Gasteiger partial charge in [-0.1, -0.05) is 35.9 Å². The van der Waals surface area contributed by atoms with Gasteiger partial charge in [0.05, 0.1) is 11.0 Å². The van der Waals surface area contributed by atoms with E-state index in [4.69, 9.17) is 21.0 Å². The van der Waals surface area contributed by atoms with Crippen LogP contribution in [-0.2, 0) is 10.1 Å². The molecule has 0 spiro atoms. The van der Waals surface area contributed by atoms with Crippen LogP contribution in [0.25, 0.3) is 6.08 Å². The van der Waals surface area contributed by atoms with Crippen molar-refractivity contribution < 1.29 is 12.6 Å². The van der Waals surface area contributed by atoms with Gasteiger partial charge in [0.25, 0.3) is 0 Å². The SMILES string of the molecule is N#Cc1ccccc1OS(=O)(=O)/C=C\c1ccc(Cl)cc1. The molecular formula is C15H10ClNO3S. The first-order valence-corrected chi connectivity index (χ1v) is 7.72. The van der Waals surface area contributed by atoms with Crippen molar-refractivity contribution in [3.63, 3.8) is 0 Å². The van der Waals surface area contributed by atoms with Crippen LogP contribution in [0.2, 0.25) is 5.02 Å². The molecule has 6 heteroatoms. The van der Waals surface area contributed by atoms with Gasteiger partial charge in [-0.2, -0.15) is 13.7 Å². The molecule has 0 radical (unpaired) electrons. The molecule has 0 atom stereocenters. The van der Waals surface area contributed by atoms with Crippen LogP contribution in [0.1, 0.15) is 11.1 Å². The minimum Gasteiger partial charge on any atom is -0.378 e. The molecule has 0 heterocycles. The molecule has 106 valence electrons. The summed E-state index contributed by atoms with van der Waals surface area (Å²) in [6.45, 7) is 0. The molecule has 2 rings (SSSR count). The summed E-state index contributed by atoms with van der Waals surface area (Å²) in [4.78, 5) is 0. The van der Waals surface area contributed by atoms with Gasteiger partial charge in [-0.15, -0.1) is 0 Å². The standard InChI is InChI=1S/C15H10ClNO3S/c16-14-7-5-12(6-8-14)9-10-21(18,19)20-15-4-2-1-3-13(15)11-17/h1-10H/b10-9-. The van der Waals surface area contributed by atoms with Crippen molar-refractivity contribution in [3.05, 3.63) is 70.1 Å². The number of hydrogen-bond donors (Lipinski definition) is 0. The highest BCUT2D eigenvalue weighted by molar-refractivity contribution is 7.90. The molecule has 2 aromatic rings. The van der Waals surface area contributed by atoms with Crippen molar-refractivity contribution >= 4 is 27.8 Å². The Kier molecular flexibility index (Phi) is 4.63. The molecular weight excluding hydrogens is 310 g/mol. The lowest BCUT2D eigenvalue weighted by Gasteiger charge is -2.04. The fraction of sp³-hybridized carbons (Fsp3) is 0. The molecule has 0 amide bonds. The van der Waals surface area contributed by atoms with Crippen LogP contribution < -0.4 is 4.18 Å². The Labute approximate surface area is 128 Å². The van der Waals surface area contributed by atoms with E-state index in [9.17, 15) is 8.42 Å². The van der Waals surface area contributed by atoms with E-state index >= 15 is 0 Å². The van der Waals surface area contributed by atoms with Crippen molar-refractivity contribution in [2.45, 2.75) is 0 Å². The number of benzene rings is 2. The molecule has 0 saturated heterocycles. The summed E-state index contributed by atoms with van der Waals surface area (Å²) in [5, 5.41) is 10.4. The molecule has 0 N–H and O–H groups in total. The molecule has 4 nitrogen and oxygen atoms in total. The topological polar surface area (TPSA) is 67.2 Å². The summed E-state index contributed by atoms with van der Waals surface area (Å²) in [6.07, 6.45) is 1.39. The van der Waals surface area contributed by atoms with E-state index in [0.717, 1.165) is 5.41 Å². The Balaban J connectivity index is 2.19. The zero-order valence-electron chi connectivity index (χ0n) is 10.7. The first kappa shape index (κ1) is 15.1. The maximum Gasteiger partial charge on any atom is 0.332 e. The Hall–Kier alpha value is -2.29. The normalized spacial score (nSPS) is 11.2. The van der Waals surface area contributed by atoms with Gasteiger partial charge < -0.3 is 4.18 Å². The van der Waals surface area contributed by atoms with Crippen LogP contribution in [0.5, 0.6) is 5.75 Å². The third kappa shape index (κ3) is 4.35. The highest BCUT2D eigenvalue weighted by Crippen LogP contribution is 2.19. The van der Waals surface area contributed by atoms with Gasteiger partial charge in [-0.3, -0.25) is 0 Å². The van der Waals surface area contributed by atoms with Crippen LogP contribution >= 0.6 is 11.6 Å². The van der Waals surface area contributed by atoms with Crippen molar-refractivity contribution in [1.82, 2.24) is 0 Å². The lowest BCUT2D eigenvalue weighted by Crippen LogP contribution is -2.06. The summed E-state index contributed by atoms with van der Waals surface area (Å²) in [7, 11) is -3.94. The predicted octanol–water partition coefficient (Wildman–Crippen LogP) is 3.59. The summed E-state index contributed by atoms with van der Waals surface area (Å²) < 4.78 is 28.6.